The summed E-state index contributed by atoms with van der Waals surface area (Å²) in [5.41, 5.74) is 3.09. The molecule has 0 aromatic heterocycles. The van der Waals surface area contributed by atoms with Gasteiger partial charge in [-0.15, -0.1) is 0 Å². The van der Waals surface area contributed by atoms with E-state index in [1.165, 1.54) is 0 Å². The standard InChI is InChI=1S/C18H19N3S/c1-18(2)13-20-17(22-18)21-16-10-8-15(9-11-16)19-12-14-6-4-3-5-7-14/h3-12H,13H2,1-2H3,(H,20,21). The summed E-state index contributed by atoms with van der Waals surface area (Å²) in [7, 11) is 0. The quantitative estimate of drug-likeness (QED) is 0.832. The van der Waals surface area contributed by atoms with Gasteiger partial charge in [-0.1, -0.05) is 42.1 Å². The lowest BCUT2D eigenvalue weighted by molar-refractivity contribution is 0.741. The minimum absolute atomic E-state index is 0.197. The highest BCUT2D eigenvalue weighted by atomic mass is 32.2. The summed E-state index contributed by atoms with van der Waals surface area (Å²) in [6.45, 7) is 5.27. The van der Waals surface area contributed by atoms with Crippen molar-refractivity contribution >= 4 is 34.5 Å². The average Bonchev–Trinajstić information content (AvgIpc) is 2.86. The molecule has 1 heterocycles. The van der Waals surface area contributed by atoms with Crippen molar-refractivity contribution in [3.63, 3.8) is 0 Å². The SMILES string of the molecule is CC1(C)CN=C(Nc2ccc(N=Cc3ccccc3)cc2)S1. The van der Waals surface area contributed by atoms with Crippen LogP contribution in [0.2, 0.25) is 0 Å². The van der Waals surface area contributed by atoms with E-state index in [0.717, 1.165) is 28.7 Å². The molecular formula is C18H19N3S. The molecule has 0 radical (unpaired) electrons. The average molecular weight is 309 g/mol. The van der Waals surface area contributed by atoms with Crippen LogP contribution < -0.4 is 5.32 Å². The third-order valence-corrected chi connectivity index (χ3v) is 4.36. The second kappa shape index (κ2) is 6.36. The van der Waals surface area contributed by atoms with Crippen LogP contribution in [-0.4, -0.2) is 22.7 Å². The maximum atomic E-state index is 4.52. The second-order valence-corrected chi connectivity index (χ2v) is 7.52. The van der Waals surface area contributed by atoms with Crippen molar-refractivity contribution < 1.29 is 0 Å². The Morgan fingerprint density at radius 2 is 1.82 bits per heavy atom. The number of nitrogens with zero attached hydrogens (tertiary/aromatic N) is 2. The van der Waals surface area contributed by atoms with Gasteiger partial charge >= 0.3 is 0 Å². The van der Waals surface area contributed by atoms with Crippen molar-refractivity contribution in [2.45, 2.75) is 18.6 Å². The number of anilines is 1. The Balaban J connectivity index is 1.62. The van der Waals surface area contributed by atoms with Crippen LogP contribution in [0.3, 0.4) is 0 Å². The number of aliphatic imine (C=N–C) groups is 2. The molecule has 22 heavy (non-hydrogen) atoms. The van der Waals surface area contributed by atoms with Gasteiger partial charge in [-0.25, -0.2) is 0 Å². The Hall–Kier alpha value is -2.07. The minimum Gasteiger partial charge on any atom is -0.335 e. The molecule has 0 aliphatic carbocycles. The normalized spacial score (nSPS) is 16.7. The highest BCUT2D eigenvalue weighted by molar-refractivity contribution is 8.15. The Labute approximate surface area is 135 Å². The molecule has 0 saturated carbocycles. The maximum Gasteiger partial charge on any atom is 0.161 e. The van der Waals surface area contributed by atoms with E-state index in [1.807, 2.05) is 60.8 Å². The molecular weight excluding hydrogens is 290 g/mol. The Kier molecular flexibility index (Phi) is 4.29. The van der Waals surface area contributed by atoms with Crippen LogP contribution in [0.15, 0.2) is 64.6 Å². The fourth-order valence-corrected chi connectivity index (χ4v) is 3.05. The molecule has 0 spiro atoms. The highest BCUT2D eigenvalue weighted by Gasteiger charge is 2.26. The van der Waals surface area contributed by atoms with Gasteiger partial charge < -0.3 is 5.32 Å². The zero-order valence-electron chi connectivity index (χ0n) is 12.8. The lowest BCUT2D eigenvalue weighted by atomic mass is 10.2. The lowest BCUT2D eigenvalue weighted by Crippen LogP contribution is -2.16. The van der Waals surface area contributed by atoms with Crippen molar-refractivity contribution in [1.29, 1.82) is 0 Å². The van der Waals surface area contributed by atoms with E-state index in [1.54, 1.807) is 11.8 Å². The Bertz CT molecular complexity index is 688. The van der Waals surface area contributed by atoms with E-state index in [9.17, 15) is 0 Å². The van der Waals surface area contributed by atoms with E-state index >= 15 is 0 Å². The largest absolute Gasteiger partial charge is 0.335 e. The summed E-state index contributed by atoms with van der Waals surface area (Å²) in [5.74, 6) is 0. The van der Waals surface area contributed by atoms with Gasteiger partial charge in [-0.05, 0) is 43.7 Å². The molecule has 4 heteroatoms. The summed E-state index contributed by atoms with van der Waals surface area (Å²) < 4.78 is 0.197. The molecule has 112 valence electrons. The van der Waals surface area contributed by atoms with E-state index in [4.69, 9.17) is 0 Å². The zero-order chi connectivity index (χ0) is 15.4. The van der Waals surface area contributed by atoms with Crippen LogP contribution in [0, 0.1) is 0 Å². The van der Waals surface area contributed by atoms with Crippen molar-refractivity contribution in [3.05, 3.63) is 60.2 Å². The lowest BCUT2D eigenvalue weighted by Gasteiger charge is -2.14. The number of rotatable bonds is 3. The van der Waals surface area contributed by atoms with Crippen LogP contribution >= 0.6 is 11.8 Å². The number of thioether (sulfide) groups is 1. The third-order valence-electron chi connectivity index (χ3n) is 3.26. The summed E-state index contributed by atoms with van der Waals surface area (Å²) in [5, 5.41) is 4.35. The van der Waals surface area contributed by atoms with Crippen molar-refractivity contribution in [3.8, 4) is 0 Å². The Morgan fingerprint density at radius 3 is 2.45 bits per heavy atom. The minimum atomic E-state index is 0.197. The van der Waals surface area contributed by atoms with Gasteiger partial charge in [0.25, 0.3) is 0 Å². The molecule has 2 aromatic carbocycles. The summed E-state index contributed by atoms with van der Waals surface area (Å²) in [4.78, 5) is 9.01. The number of hydrogen-bond acceptors (Lipinski definition) is 4. The highest BCUT2D eigenvalue weighted by Crippen LogP contribution is 2.32. The van der Waals surface area contributed by atoms with Crippen LogP contribution in [0.5, 0.6) is 0 Å². The van der Waals surface area contributed by atoms with E-state index < -0.39 is 0 Å². The molecule has 0 saturated heterocycles. The second-order valence-electron chi connectivity index (χ2n) is 5.82. The van der Waals surface area contributed by atoms with Crippen molar-refractivity contribution in [1.82, 2.24) is 0 Å². The molecule has 0 fully saturated rings. The number of benzene rings is 2. The molecule has 1 aliphatic heterocycles. The summed E-state index contributed by atoms with van der Waals surface area (Å²) >= 11 is 1.78. The first-order valence-corrected chi connectivity index (χ1v) is 8.12. The fraction of sp³-hybridized carbons (Fsp3) is 0.222. The van der Waals surface area contributed by atoms with Crippen molar-refractivity contribution in [2.75, 3.05) is 11.9 Å². The molecule has 0 unspecified atom stereocenters. The first-order valence-electron chi connectivity index (χ1n) is 7.30. The molecule has 2 aromatic rings. The van der Waals surface area contributed by atoms with Crippen molar-refractivity contribution in [2.24, 2.45) is 9.98 Å². The van der Waals surface area contributed by atoms with Gasteiger partial charge in [0, 0.05) is 16.6 Å². The van der Waals surface area contributed by atoms with Gasteiger partial charge in [0.1, 0.15) is 0 Å². The molecule has 3 rings (SSSR count). The van der Waals surface area contributed by atoms with Crippen LogP contribution in [-0.2, 0) is 0 Å². The fourth-order valence-electron chi connectivity index (χ4n) is 2.10. The topological polar surface area (TPSA) is 36.8 Å². The van der Waals surface area contributed by atoms with Gasteiger partial charge in [-0.2, -0.15) is 0 Å². The first kappa shape index (κ1) is 14.9. The van der Waals surface area contributed by atoms with E-state index in [2.05, 4.69) is 29.1 Å². The van der Waals surface area contributed by atoms with Gasteiger partial charge in [0.05, 0.1) is 12.2 Å². The van der Waals surface area contributed by atoms with Crippen LogP contribution in [0.25, 0.3) is 0 Å². The summed E-state index contributed by atoms with van der Waals surface area (Å²) in [6.07, 6.45) is 1.88. The third kappa shape index (κ3) is 3.98. The van der Waals surface area contributed by atoms with Gasteiger partial charge in [0.15, 0.2) is 5.17 Å². The molecule has 0 amide bonds. The van der Waals surface area contributed by atoms with Crippen LogP contribution in [0.4, 0.5) is 11.4 Å². The monoisotopic (exact) mass is 309 g/mol. The van der Waals surface area contributed by atoms with Gasteiger partial charge in [0.2, 0.25) is 0 Å². The molecule has 1 N–H and O–H groups in total. The smallest absolute Gasteiger partial charge is 0.161 e. The number of nitrogens with one attached hydrogen (secondary N) is 1. The maximum absolute atomic E-state index is 4.52. The molecule has 3 nitrogen and oxygen atoms in total. The predicted molar refractivity (Wildman–Crippen MR) is 97.7 cm³/mol. The molecule has 0 bridgehead atoms. The van der Waals surface area contributed by atoms with Crippen LogP contribution in [0.1, 0.15) is 19.4 Å². The van der Waals surface area contributed by atoms with Gasteiger partial charge in [-0.3, -0.25) is 9.98 Å². The predicted octanol–water partition coefficient (Wildman–Crippen LogP) is 4.73. The number of hydrogen-bond donors (Lipinski definition) is 1. The Morgan fingerprint density at radius 1 is 1.09 bits per heavy atom. The number of amidine groups is 1. The zero-order valence-corrected chi connectivity index (χ0v) is 13.6. The first-order chi connectivity index (χ1) is 10.6. The van der Waals surface area contributed by atoms with E-state index in [-0.39, 0.29) is 4.75 Å². The molecule has 1 aliphatic rings. The van der Waals surface area contributed by atoms with E-state index in [0.29, 0.717) is 0 Å². The molecule has 0 atom stereocenters. The summed E-state index contributed by atoms with van der Waals surface area (Å²) in [6, 6.07) is 18.2.